The topological polar surface area (TPSA) is 73.5 Å². The molecule has 1 aliphatic heterocycles. The molecule has 0 aromatic carbocycles. The van der Waals surface area contributed by atoms with Gasteiger partial charge in [0, 0.05) is 19.1 Å². The lowest BCUT2D eigenvalue weighted by molar-refractivity contribution is -0.125. The van der Waals surface area contributed by atoms with E-state index in [1.165, 1.54) is 0 Å². The van der Waals surface area contributed by atoms with Gasteiger partial charge in [0.1, 0.15) is 0 Å². The number of likely N-dealkylation sites (N-methyl/N-ethyl adjacent to an activating group) is 1. The third-order valence-corrected chi connectivity index (χ3v) is 3.45. The summed E-state index contributed by atoms with van der Waals surface area (Å²) >= 11 is 0. The fourth-order valence-electron chi connectivity index (χ4n) is 2.40. The van der Waals surface area contributed by atoms with Crippen molar-refractivity contribution in [3.05, 3.63) is 0 Å². The van der Waals surface area contributed by atoms with Gasteiger partial charge in [0.25, 0.3) is 0 Å². The van der Waals surface area contributed by atoms with Gasteiger partial charge in [-0.3, -0.25) is 15.0 Å². The minimum atomic E-state index is -0.417. The van der Waals surface area contributed by atoms with Crippen LogP contribution < -0.4 is 16.0 Å². The molecule has 0 aromatic heterocycles. The highest BCUT2D eigenvalue weighted by Gasteiger charge is 2.27. The first-order valence-corrected chi connectivity index (χ1v) is 7.14. The Bertz CT molecular complexity index is 307. The van der Waals surface area contributed by atoms with Gasteiger partial charge in [-0.1, -0.05) is 6.92 Å². The van der Waals surface area contributed by atoms with Crippen LogP contribution in [0.2, 0.25) is 0 Å². The van der Waals surface area contributed by atoms with Gasteiger partial charge < -0.3 is 10.6 Å². The van der Waals surface area contributed by atoms with Gasteiger partial charge >= 0.3 is 6.03 Å². The van der Waals surface area contributed by atoms with Gasteiger partial charge in [0.15, 0.2) is 0 Å². The smallest absolute Gasteiger partial charge is 0.321 e. The van der Waals surface area contributed by atoms with Gasteiger partial charge in [-0.05, 0) is 39.8 Å². The van der Waals surface area contributed by atoms with Crippen LogP contribution in [0, 0.1) is 0 Å². The van der Waals surface area contributed by atoms with Crippen molar-refractivity contribution in [2.45, 2.75) is 45.7 Å². The van der Waals surface area contributed by atoms with Crippen molar-refractivity contribution in [3.63, 3.8) is 0 Å². The molecule has 0 radical (unpaired) electrons. The highest BCUT2D eigenvalue weighted by Crippen LogP contribution is 2.13. The van der Waals surface area contributed by atoms with Crippen LogP contribution in [0.25, 0.3) is 0 Å². The summed E-state index contributed by atoms with van der Waals surface area (Å²) in [7, 11) is 0. The second-order valence-corrected chi connectivity index (χ2v) is 4.92. The maximum Gasteiger partial charge on any atom is 0.321 e. The molecule has 1 rings (SSSR count). The van der Waals surface area contributed by atoms with E-state index in [2.05, 4.69) is 27.8 Å². The highest BCUT2D eigenvalue weighted by molar-refractivity contribution is 5.96. The second-order valence-electron chi connectivity index (χ2n) is 4.92. The first kappa shape index (κ1) is 15.9. The molecule has 1 heterocycles. The SMILES string of the molecule is CCNC(=O)NC(=O)C(C)N1CCCC(NCC)C1. The first-order chi connectivity index (χ1) is 9.08. The van der Waals surface area contributed by atoms with E-state index in [0.717, 1.165) is 32.5 Å². The number of imide groups is 1. The third kappa shape index (κ3) is 5.16. The quantitative estimate of drug-likeness (QED) is 0.671. The van der Waals surface area contributed by atoms with Crippen molar-refractivity contribution in [2.75, 3.05) is 26.2 Å². The summed E-state index contributed by atoms with van der Waals surface area (Å²) in [6.45, 7) is 8.98. The number of piperidine rings is 1. The molecule has 1 fully saturated rings. The monoisotopic (exact) mass is 270 g/mol. The zero-order chi connectivity index (χ0) is 14.3. The van der Waals surface area contributed by atoms with Crippen molar-refractivity contribution >= 4 is 11.9 Å². The van der Waals surface area contributed by atoms with Crippen molar-refractivity contribution in [1.29, 1.82) is 0 Å². The van der Waals surface area contributed by atoms with Crippen LogP contribution in [-0.4, -0.2) is 55.1 Å². The molecule has 19 heavy (non-hydrogen) atoms. The van der Waals surface area contributed by atoms with E-state index in [-0.39, 0.29) is 11.9 Å². The summed E-state index contributed by atoms with van der Waals surface area (Å²) in [5.41, 5.74) is 0. The largest absolute Gasteiger partial charge is 0.338 e. The van der Waals surface area contributed by atoms with E-state index >= 15 is 0 Å². The molecule has 1 aliphatic rings. The number of hydrogen-bond acceptors (Lipinski definition) is 4. The van der Waals surface area contributed by atoms with E-state index in [0.29, 0.717) is 12.6 Å². The normalized spacial score (nSPS) is 21.7. The number of likely N-dealkylation sites (tertiary alicyclic amines) is 1. The lowest BCUT2D eigenvalue weighted by Crippen LogP contribution is -2.54. The predicted molar refractivity (Wildman–Crippen MR) is 74.9 cm³/mol. The van der Waals surface area contributed by atoms with Crippen LogP contribution in [0.4, 0.5) is 4.79 Å². The molecule has 2 atom stereocenters. The van der Waals surface area contributed by atoms with Gasteiger partial charge in [0.2, 0.25) is 5.91 Å². The number of carbonyl (C=O) groups is 2. The number of hydrogen-bond donors (Lipinski definition) is 3. The number of nitrogens with zero attached hydrogens (tertiary/aromatic N) is 1. The van der Waals surface area contributed by atoms with Crippen LogP contribution in [0.15, 0.2) is 0 Å². The molecule has 1 saturated heterocycles. The number of carbonyl (C=O) groups excluding carboxylic acids is 2. The molecule has 0 aliphatic carbocycles. The van der Waals surface area contributed by atoms with E-state index < -0.39 is 6.03 Å². The van der Waals surface area contributed by atoms with Crippen LogP contribution in [0.3, 0.4) is 0 Å². The third-order valence-electron chi connectivity index (χ3n) is 3.45. The zero-order valence-electron chi connectivity index (χ0n) is 12.2. The molecule has 0 bridgehead atoms. The summed E-state index contributed by atoms with van der Waals surface area (Å²) in [4.78, 5) is 25.4. The fourth-order valence-corrected chi connectivity index (χ4v) is 2.40. The average Bonchev–Trinajstić information content (AvgIpc) is 2.38. The highest BCUT2D eigenvalue weighted by atomic mass is 16.2. The summed E-state index contributed by atoms with van der Waals surface area (Å²) in [5, 5.41) is 8.35. The Balaban J connectivity index is 2.44. The maximum atomic E-state index is 12.0. The number of amides is 3. The van der Waals surface area contributed by atoms with Crippen LogP contribution in [0.1, 0.15) is 33.6 Å². The first-order valence-electron chi connectivity index (χ1n) is 7.14. The summed E-state index contributed by atoms with van der Waals surface area (Å²) in [5.74, 6) is -0.233. The molecule has 2 unspecified atom stereocenters. The lowest BCUT2D eigenvalue weighted by atomic mass is 10.0. The second kappa shape index (κ2) is 8.12. The Labute approximate surface area is 115 Å². The molecule has 3 N–H and O–H groups in total. The van der Waals surface area contributed by atoms with E-state index in [1.807, 2.05) is 13.8 Å². The minimum absolute atomic E-state index is 0.233. The molecule has 0 spiro atoms. The average molecular weight is 270 g/mol. The Kier molecular flexibility index (Phi) is 6.80. The number of rotatable bonds is 5. The molecular formula is C13H26N4O2. The van der Waals surface area contributed by atoms with Crippen LogP contribution >= 0.6 is 0 Å². The number of nitrogens with one attached hydrogen (secondary N) is 3. The van der Waals surface area contributed by atoms with Gasteiger partial charge in [-0.2, -0.15) is 0 Å². The van der Waals surface area contributed by atoms with E-state index in [9.17, 15) is 9.59 Å². The summed E-state index contributed by atoms with van der Waals surface area (Å²) in [6.07, 6.45) is 2.23. The summed E-state index contributed by atoms with van der Waals surface area (Å²) in [6, 6.07) is -0.248. The minimum Gasteiger partial charge on any atom is -0.338 e. The molecule has 0 aromatic rings. The molecule has 110 valence electrons. The van der Waals surface area contributed by atoms with Crippen molar-refractivity contribution in [2.24, 2.45) is 0 Å². The summed E-state index contributed by atoms with van der Waals surface area (Å²) < 4.78 is 0. The van der Waals surface area contributed by atoms with Crippen LogP contribution in [-0.2, 0) is 4.79 Å². The van der Waals surface area contributed by atoms with Gasteiger partial charge in [-0.25, -0.2) is 4.79 Å². The van der Waals surface area contributed by atoms with Gasteiger partial charge in [0.05, 0.1) is 6.04 Å². The molecule has 6 heteroatoms. The van der Waals surface area contributed by atoms with Crippen LogP contribution in [0.5, 0.6) is 0 Å². The Hall–Kier alpha value is -1.14. The Morgan fingerprint density at radius 1 is 1.32 bits per heavy atom. The van der Waals surface area contributed by atoms with Gasteiger partial charge in [-0.15, -0.1) is 0 Å². The molecule has 0 saturated carbocycles. The zero-order valence-corrected chi connectivity index (χ0v) is 12.2. The fraction of sp³-hybridized carbons (Fsp3) is 0.846. The Morgan fingerprint density at radius 2 is 2.05 bits per heavy atom. The maximum absolute atomic E-state index is 12.0. The van der Waals surface area contributed by atoms with Crippen molar-refractivity contribution < 1.29 is 9.59 Å². The van der Waals surface area contributed by atoms with E-state index in [1.54, 1.807) is 0 Å². The number of urea groups is 1. The van der Waals surface area contributed by atoms with Crippen molar-refractivity contribution in [1.82, 2.24) is 20.9 Å². The van der Waals surface area contributed by atoms with E-state index in [4.69, 9.17) is 0 Å². The molecular weight excluding hydrogens is 244 g/mol. The Morgan fingerprint density at radius 3 is 2.68 bits per heavy atom. The molecule has 6 nitrogen and oxygen atoms in total. The lowest BCUT2D eigenvalue weighted by Gasteiger charge is -2.36. The van der Waals surface area contributed by atoms with Crippen molar-refractivity contribution in [3.8, 4) is 0 Å². The molecule has 3 amide bonds. The standard InChI is InChI=1S/C13H26N4O2/c1-4-14-11-7-6-8-17(9-11)10(3)12(18)16-13(19)15-5-2/h10-11,14H,4-9H2,1-3H3,(H2,15,16,18,19). The predicted octanol–water partition coefficient (Wildman–Crippen LogP) is 0.295.